The Morgan fingerprint density at radius 2 is 1.88 bits per heavy atom. The van der Waals surface area contributed by atoms with Gasteiger partial charge in [-0.15, -0.1) is 11.3 Å². The molecule has 25 heavy (non-hydrogen) atoms. The van der Waals surface area contributed by atoms with Crippen LogP contribution in [0.25, 0.3) is 0 Å². The van der Waals surface area contributed by atoms with Crippen LogP contribution in [0.2, 0.25) is 14.4 Å². The van der Waals surface area contributed by atoms with Crippen LogP contribution in [-0.4, -0.2) is 37.0 Å². The Bertz CT molecular complexity index is 766. The van der Waals surface area contributed by atoms with E-state index in [1.54, 1.807) is 25.2 Å². The average molecular weight is 423 g/mol. The number of esters is 1. The van der Waals surface area contributed by atoms with Crippen LogP contribution >= 0.6 is 46.1 Å². The number of hydrogen-bond acceptors (Lipinski definition) is 5. The summed E-state index contributed by atoms with van der Waals surface area (Å²) in [6, 6.07) is 8.23. The first-order valence-corrected chi connectivity index (χ1v) is 9.02. The van der Waals surface area contributed by atoms with Crippen molar-refractivity contribution in [1.29, 1.82) is 0 Å². The van der Waals surface area contributed by atoms with E-state index < -0.39 is 5.97 Å². The number of carbonyl (C=O) groups is 2. The van der Waals surface area contributed by atoms with Crippen molar-refractivity contribution in [3.05, 3.63) is 49.6 Å². The summed E-state index contributed by atoms with van der Waals surface area (Å²) in [5.41, 5.74) is 0. The number of thiophene rings is 1. The summed E-state index contributed by atoms with van der Waals surface area (Å²) in [7, 11) is 1.62. The summed E-state index contributed by atoms with van der Waals surface area (Å²) in [6.07, 6.45) is 0. The van der Waals surface area contributed by atoms with E-state index in [0.717, 1.165) is 4.88 Å². The second kappa shape index (κ2) is 9.29. The molecule has 0 fully saturated rings. The summed E-state index contributed by atoms with van der Waals surface area (Å²) in [5.74, 6) is -0.699. The van der Waals surface area contributed by atoms with Crippen LogP contribution in [-0.2, 0) is 20.9 Å². The molecule has 9 heteroatoms. The van der Waals surface area contributed by atoms with Gasteiger partial charge in [0.05, 0.1) is 15.9 Å². The maximum atomic E-state index is 12.0. The molecule has 0 unspecified atom stereocenters. The van der Waals surface area contributed by atoms with E-state index in [9.17, 15) is 9.59 Å². The molecule has 1 heterocycles. The van der Waals surface area contributed by atoms with Gasteiger partial charge in [0, 0.05) is 16.9 Å². The van der Waals surface area contributed by atoms with Gasteiger partial charge in [0.2, 0.25) is 0 Å². The van der Waals surface area contributed by atoms with Crippen LogP contribution in [0.5, 0.6) is 5.75 Å². The van der Waals surface area contributed by atoms with Crippen molar-refractivity contribution in [2.45, 2.75) is 6.54 Å². The third-order valence-electron chi connectivity index (χ3n) is 3.04. The molecule has 5 nitrogen and oxygen atoms in total. The maximum absolute atomic E-state index is 12.0. The largest absolute Gasteiger partial charge is 0.480 e. The smallest absolute Gasteiger partial charge is 0.344 e. The monoisotopic (exact) mass is 421 g/mol. The fourth-order valence-corrected chi connectivity index (χ4v) is 3.39. The van der Waals surface area contributed by atoms with E-state index in [1.165, 1.54) is 22.3 Å². The molecule has 0 aliphatic carbocycles. The fraction of sp³-hybridized carbons (Fsp3) is 0.250. The number of amides is 1. The summed E-state index contributed by atoms with van der Waals surface area (Å²) in [6.45, 7) is -0.338. The van der Waals surface area contributed by atoms with E-state index in [2.05, 4.69) is 0 Å². The molecule has 2 aromatic rings. The van der Waals surface area contributed by atoms with Crippen LogP contribution in [0.3, 0.4) is 0 Å². The van der Waals surface area contributed by atoms with E-state index in [0.29, 0.717) is 21.7 Å². The molecule has 1 aromatic heterocycles. The number of ether oxygens (including phenoxy) is 2. The third-order valence-corrected chi connectivity index (χ3v) is 4.79. The Balaban J connectivity index is 1.74. The van der Waals surface area contributed by atoms with Crippen LogP contribution in [0, 0.1) is 0 Å². The first-order valence-electron chi connectivity index (χ1n) is 7.07. The van der Waals surface area contributed by atoms with E-state index in [4.69, 9.17) is 44.3 Å². The average Bonchev–Trinajstić information content (AvgIpc) is 2.96. The second-order valence-corrected chi connectivity index (χ2v) is 7.62. The maximum Gasteiger partial charge on any atom is 0.344 e. The fourth-order valence-electron chi connectivity index (χ4n) is 1.78. The van der Waals surface area contributed by atoms with Gasteiger partial charge in [0.25, 0.3) is 5.91 Å². The quantitative estimate of drug-likeness (QED) is 0.625. The van der Waals surface area contributed by atoms with Crippen molar-refractivity contribution in [2.24, 2.45) is 0 Å². The molecule has 1 amide bonds. The summed E-state index contributed by atoms with van der Waals surface area (Å²) in [5, 5.41) is 0.742. The lowest BCUT2D eigenvalue weighted by Crippen LogP contribution is -2.31. The number of rotatable bonds is 7. The van der Waals surface area contributed by atoms with Gasteiger partial charge < -0.3 is 14.4 Å². The molecule has 0 N–H and O–H groups in total. The van der Waals surface area contributed by atoms with Gasteiger partial charge in [-0.2, -0.15) is 0 Å². The molecule has 0 atom stereocenters. The number of hydrogen-bond donors (Lipinski definition) is 0. The molecule has 0 saturated heterocycles. The minimum atomic E-state index is -0.674. The van der Waals surface area contributed by atoms with Gasteiger partial charge in [-0.25, -0.2) is 4.79 Å². The van der Waals surface area contributed by atoms with Crippen molar-refractivity contribution in [3.8, 4) is 5.75 Å². The lowest BCUT2D eigenvalue weighted by molar-refractivity contribution is -0.153. The number of nitrogens with zero attached hydrogens (tertiary/aromatic N) is 1. The molecule has 0 radical (unpaired) electrons. The van der Waals surface area contributed by atoms with Crippen molar-refractivity contribution in [3.63, 3.8) is 0 Å². The lowest BCUT2D eigenvalue weighted by atomic mass is 10.3. The molecule has 134 valence electrons. The van der Waals surface area contributed by atoms with Crippen molar-refractivity contribution >= 4 is 58.0 Å². The van der Waals surface area contributed by atoms with E-state index in [1.807, 2.05) is 6.07 Å². The second-order valence-electron chi connectivity index (χ2n) is 4.98. The topological polar surface area (TPSA) is 55.8 Å². The van der Waals surface area contributed by atoms with Crippen LogP contribution < -0.4 is 4.74 Å². The van der Waals surface area contributed by atoms with Gasteiger partial charge in [-0.3, -0.25) is 4.79 Å². The Morgan fingerprint density at radius 1 is 1.12 bits per heavy atom. The van der Waals surface area contributed by atoms with Gasteiger partial charge in [-0.05, 0) is 30.3 Å². The molecule has 0 spiro atoms. The molecule has 0 aliphatic rings. The zero-order valence-corrected chi connectivity index (χ0v) is 16.2. The minimum absolute atomic E-state index is 0.283. The van der Waals surface area contributed by atoms with Gasteiger partial charge in [-0.1, -0.05) is 34.8 Å². The summed E-state index contributed by atoms with van der Waals surface area (Å²) in [4.78, 5) is 26.0. The lowest BCUT2D eigenvalue weighted by Gasteiger charge is -2.16. The number of benzene rings is 1. The Hall–Kier alpha value is -1.47. The van der Waals surface area contributed by atoms with Crippen molar-refractivity contribution < 1.29 is 19.1 Å². The van der Waals surface area contributed by atoms with E-state index in [-0.39, 0.29) is 24.1 Å². The predicted octanol–water partition coefficient (Wildman–Crippen LogP) is 4.29. The number of halogens is 3. The standard InChI is InChI=1S/C16H14Cl3NO4S/c1-20(7-11-3-5-14(19)25-11)15(21)8-24-16(22)9-23-13-4-2-10(17)6-12(13)18/h2-6H,7-9H2,1H3. The normalized spacial score (nSPS) is 10.4. The third kappa shape index (κ3) is 6.40. The van der Waals surface area contributed by atoms with Gasteiger partial charge in [0.1, 0.15) is 5.75 Å². The van der Waals surface area contributed by atoms with Crippen LogP contribution in [0.4, 0.5) is 0 Å². The zero-order chi connectivity index (χ0) is 18.4. The Morgan fingerprint density at radius 3 is 2.52 bits per heavy atom. The minimum Gasteiger partial charge on any atom is -0.480 e. The van der Waals surface area contributed by atoms with Crippen LogP contribution in [0.15, 0.2) is 30.3 Å². The van der Waals surface area contributed by atoms with Gasteiger partial charge in [0.15, 0.2) is 13.2 Å². The summed E-state index contributed by atoms with van der Waals surface area (Å²) < 4.78 is 10.8. The molecular formula is C16H14Cl3NO4S. The highest BCUT2D eigenvalue weighted by atomic mass is 35.5. The number of likely N-dealkylation sites (N-methyl/N-ethyl adjacent to an activating group) is 1. The highest BCUT2D eigenvalue weighted by Gasteiger charge is 2.14. The first-order chi connectivity index (χ1) is 11.8. The predicted molar refractivity (Wildman–Crippen MR) is 98.7 cm³/mol. The van der Waals surface area contributed by atoms with Gasteiger partial charge >= 0.3 is 5.97 Å². The highest BCUT2D eigenvalue weighted by Crippen LogP contribution is 2.27. The SMILES string of the molecule is CN(Cc1ccc(Cl)s1)C(=O)COC(=O)COc1ccc(Cl)cc1Cl. The van der Waals surface area contributed by atoms with Crippen LogP contribution in [0.1, 0.15) is 4.88 Å². The Kier molecular flexibility index (Phi) is 7.38. The number of carbonyl (C=O) groups excluding carboxylic acids is 2. The highest BCUT2D eigenvalue weighted by molar-refractivity contribution is 7.16. The molecule has 0 aliphatic heterocycles. The molecule has 0 bridgehead atoms. The zero-order valence-electron chi connectivity index (χ0n) is 13.1. The molecule has 2 rings (SSSR count). The molecule has 1 aromatic carbocycles. The summed E-state index contributed by atoms with van der Waals surface area (Å²) >= 11 is 18.9. The first kappa shape index (κ1) is 19.8. The van der Waals surface area contributed by atoms with Crippen molar-refractivity contribution in [1.82, 2.24) is 4.90 Å². The van der Waals surface area contributed by atoms with Crippen molar-refractivity contribution in [2.75, 3.05) is 20.3 Å². The van der Waals surface area contributed by atoms with E-state index >= 15 is 0 Å². The molecular weight excluding hydrogens is 409 g/mol. The Labute approximate surface area is 164 Å². The molecule has 0 saturated carbocycles.